The first kappa shape index (κ1) is 20.0. The van der Waals surface area contributed by atoms with Crippen LogP contribution in [0.3, 0.4) is 0 Å². The van der Waals surface area contributed by atoms with Crippen molar-refractivity contribution in [3.05, 3.63) is 31.3 Å². The Balaban J connectivity index is 2.51. The molecule has 2 heterocycles. The molecule has 28 heavy (non-hydrogen) atoms. The lowest BCUT2D eigenvalue weighted by Crippen LogP contribution is -2.64. The minimum absolute atomic E-state index is 0.268. The van der Waals surface area contributed by atoms with Gasteiger partial charge in [-0.05, 0) is 0 Å². The quantitative estimate of drug-likeness (QED) is 0.331. The molecule has 1 saturated carbocycles. The number of carboxylic acids is 1. The normalized spacial score (nSPS) is 30.7. The standard InChI is InChI=1S/C15H20N4O9/c1-16-6-10(17(2)13(26)18(3)11(6)23)19(14(16)27)9-8(22)7(21)5(20)4-15(9,28)12(24)25/h5,7-9,20-22,28H,4H2,1-3H3,(H,24,25)/t5-,7?,8+,9?,15?/m1/s1. The Kier molecular flexibility index (Phi) is 4.38. The van der Waals surface area contributed by atoms with E-state index in [1.807, 2.05) is 0 Å². The molecule has 3 rings (SSSR count). The van der Waals surface area contributed by atoms with Gasteiger partial charge in [0.1, 0.15) is 18.2 Å². The van der Waals surface area contributed by atoms with Crippen LogP contribution in [0.15, 0.2) is 14.4 Å². The van der Waals surface area contributed by atoms with E-state index in [1.54, 1.807) is 0 Å². The average molecular weight is 400 g/mol. The van der Waals surface area contributed by atoms with Gasteiger partial charge < -0.3 is 25.5 Å². The van der Waals surface area contributed by atoms with Crippen molar-refractivity contribution in [1.29, 1.82) is 0 Å². The van der Waals surface area contributed by atoms with E-state index in [1.165, 1.54) is 21.1 Å². The molecule has 13 heteroatoms. The predicted octanol–water partition coefficient (Wildman–Crippen LogP) is -4.42. The molecule has 2 aromatic heterocycles. The number of aliphatic hydroxyl groups excluding tert-OH is 3. The predicted molar refractivity (Wildman–Crippen MR) is 91.9 cm³/mol. The molecule has 2 aromatic rings. The minimum Gasteiger partial charge on any atom is -0.479 e. The summed E-state index contributed by atoms with van der Waals surface area (Å²) < 4.78 is 3.09. The number of hydrogen-bond acceptors (Lipinski definition) is 8. The lowest BCUT2D eigenvalue weighted by molar-refractivity contribution is -0.204. The van der Waals surface area contributed by atoms with Crippen LogP contribution in [-0.4, -0.2) is 73.7 Å². The van der Waals surface area contributed by atoms with Gasteiger partial charge in [-0.2, -0.15) is 0 Å². The van der Waals surface area contributed by atoms with Crippen LogP contribution in [0.1, 0.15) is 12.5 Å². The second-order valence-electron chi connectivity index (χ2n) is 7.02. The lowest BCUT2D eigenvalue weighted by Gasteiger charge is -2.44. The molecule has 13 nitrogen and oxygen atoms in total. The van der Waals surface area contributed by atoms with Crippen LogP contribution in [-0.2, 0) is 25.9 Å². The van der Waals surface area contributed by atoms with Gasteiger partial charge in [0.2, 0.25) is 0 Å². The first-order valence-electron chi connectivity index (χ1n) is 8.23. The summed E-state index contributed by atoms with van der Waals surface area (Å²) in [4.78, 5) is 49.5. The maximum Gasteiger partial charge on any atom is 0.338 e. The smallest absolute Gasteiger partial charge is 0.338 e. The van der Waals surface area contributed by atoms with E-state index in [0.717, 1.165) is 13.7 Å². The summed E-state index contributed by atoms with van der Waals surface area (Å²) >= 11 is 0. The first-order chi connectivity index (χ1) is 12.9. The Hall–Kier alpha value is -2.74. The summed E-state index contributed by atoms with van der Waals surface area (Å²) in [5, 5.41) is 50.6. The molecule has 5 atom stereocenters. The molecule has 0 aliphatic heterocycles. The van der Waals surface area contributed by atoms with Crippen LogP contribution in [0.4, 0.5) is 0 Å². The van der Waals surface area contributed by atoms with Crippen molar-refractivity contribution in [2.24, 2.45) is 21.1 Å². The Morgan fingerprint density at radius 3 is 2.07 bits per heavy atom. The van der Waals surface area contributed by atoms with E-state index < -0.39 is 59.3 Å². The third-order valence-electron chi connectivity index (χ3n) is 5.39. The zero-order valence-electron chi connectivity index (χ0n) is 15.2. The highest BCUT2D eigenvalue weighted by Gasteiger charge is 2.58. The molecule has 0 bridgehead atoms. The molecule has 1 fully saturated rings. The number of fused-ring (bicyclic) bond motifs is 1. The molecule has 154 valence electrons. The van der Waals surface area contributed by atoms with E-state index >= 15 is 0 Å². The summed E-state index contributed by atoms with van der Waals surface area (Å²) in [7, 11) is 3.61. The number of carboxylic acid groups (broad SMARTS) is 1. The number of rotatable bonds is 2. The molecule has 0 spiro atoms. The third-order valence-corrected chi connectivity index (χ3v) is 5.39. The zero-order chi connectivity index (χ0) is 21.3. The van der Waals surface area contributed by atoms with E-state index in [2.05, 4.69) is 0 Å². The second kappa shape index (κ2) is 6.13. The summed E-state index contributed by atoms with van der Waals surface area (Å²) in [5.41, 5.74) is -6.15. The van der Waals surface area contributed by atoms with E-state index in [-0.39, 0.29) is 11.2 Å². The highest BCUT2D eigenvalue weighted by atomic mass is 16.4. The van der Waals surface area contributed by atoms with E-state index in [0.29, 0.717) is 4.57 Å². The fourth-order valence-corrected chi connectivity index (χ4v) is 3.82. The molecule has 0 saturated heterocycles. The number of nitrogens with zero attached hydrogens (tertiary/aromatic N) is 4. The summed E-state index contributed by atoms with van der Waals surface area (Å²) in [5.74, 6) is -1.86. The Labute approximate surface area is 155 Å². The van der Waals surface area contributed by atoms with Crippen molar-refractivity contribution in [1.82, 2.24) is 18.3 Å². The van der Waals surface area contributed by atoms with Crippen LogP contribution in [0.25, 0.3) is 11.2 Å². The van der Waals surface area contributed by atoms with Gasteiger partial charge in [-0.15, -0.1) is 0 Å². The number of carbonyl (C=O) groups is 1. The zero-order valence-corrected chi connectivity index (χ0v) is 15.2. The van der Waals surface area contributed by atoms with Gasteiger partial charge in [0.15, 0.2) is 16.8 Å². The molecule has 1 aliphatic rings. The fourth-order valence-electron chi connectivity index (χ4n) is 3.82. The lowest BCUT2D eigenvalue weighted by atomic mass is 9.75. The molecule has 0 radical (unpaired) electrons. The van der Waals surface area contributed by atoms with Crippen LogP contribution in [0, 0.1) is 0 Å². The maximum absolute atomic E-state index is 12.9. The largest absolute Gasteiger partial charge is 0.479 e. The number of aliphatic hydroxyl groups is 4. The summed E-state index contributed by atoms with van der Waals surface area (Å²) in [6.45, 7) is 0. The van der Waals surface area contributed by atoms with Gasteiger partial charge >= 0.3 is 17.3 Å². The number of aromatic nitrogens is 4. The fraction of sp³-hybridized carbons (Fsp3) is 0.600. The highest BCUT2D eigenvalue weighted by molar-refractivity contribution is 5.79. The maximum atomic E-state index is 12.9. The van der Waals surface area contributed by atoms with Gasteiger partial charge in [-0.25, -0.2) is 14.4 Å². The van der Waals surface area contributed by atoms with E-state index in [4.69, 9.17) is 0 Å². The molecule has 0 aromatic carbocycles. The van der Waals surface area contributed by atoms with Gasteiger partial charge in [-0.3, -0.25) is 23.1 Å². The van der Waals surface area contributed by atoms with Crippen LogP contribution in [0.2, 0.25) is 0 Å². The van der Waals surface area contributed by atoms with Crippen molar-refractivity contribution in [3.63, 3.8) is 0 Å². The van der Waals surface area contributed by atoms with Gasteiger partial charge in [-0.1, -0.05) is 0 Å². The number of aliphatic carboxylic acids is 1. The summed E-state index contributed by atoms with van der Waals surface area (Å²) in [6.07, 6.45) is -6.65. The van der Waals surface area contributed by atoms with E-state index in [9.17, 15) is 44.7 Å². The molecule has 0 amide bonds. The van der Waals surface area contributed by atoms with Crippen LogP contribution >= 0.6 is 0 Å². The van der Waals surface area contributed by atoms with Gasteiger partial charge in [0, 0.05) is 27.6 Å². The van der Waals surface area contributed by atoms with Crippen molar-refractivity contribution >= 4 is 17.1 Å². The minimum atomic E-state index is -2.87. The Bertz CT molecular complexity index is 1160. The van der Waals surface area contributed by atoms with Crippen molar-refractivity contribution in [3.8, 4) is 0 Å². The molecular weight excluding hydrogens is 380 g/mol. The van der Waals surface area contributed by atoms with Crippen molar-refractivity contribution in [2.45, 2.75) is 36.4 Å². The number of imidazole rings is 1. The highest BCUT2D eigenvalue weighted by Crippen LogP contribution is 2.39. The topological polar surface area (TPSA) is 189 Å². The SMILES string of the molecule is Cn1c(=O)c2c(n(C)c1=O)n(C1[C@@H](O)C(O)[C@H](O)CC1(O)C(=O)O)c(=O)n2C. The Morgan fingerprint density at radius 2 is 1.54 bits per heavy atom. The summed E-state index contributed by atoms with van der Waals surface area (Å²) in [6, 6.07) is -1.99. The average Bonchev–Trinajstić information content (AvgIpc) is 2.88. The number of hydrogen-bond donors (Lipinski definition) is 5. The monoisotopic (exact) mass is 400 g/mol. The second-order valence-corrected chi connectivity index (χ2v) is 7.02. The van der Waals surface area contributed by atoms with Gasteiger partial charge in [0.05, 0.1) is 6.10 Å². The Morgan fingerprint density at radius 1 is 0.964 bits per heavy atom. The molecule has 1 aliphatic carbocycles. The molecular formula is C15H20N4O9. The van der Waals surface area contributed by atoms with Crippen molar-refractivity contribution in [2.75, 3.05) is 0 Å². The van der Waals surface area contributed by atoms with Crippen LogP contribution < -0.4 is 16.9 Å². The number of aryl methyl sites for hydroxylation is 2. The van der Waals surface area contributed by atoms with Gasteiger partial charge in [0.25, 0.3) is 5.56 Å². The first-order valence-corrected chi connectivity index (χ1v) is 8.23. The third kappa shape index (κ3) is 2.33. The van der Waals surface area contributed by atoms with Crippen LogP contribution in [0.5, 0.6) is 0 Å². The molecule has 5 N–H and O–H groups in total. The molecule has 3 unspecified atom stereocenters. The van der Waals surface area contributed by atoms with Crippen molar-refractivity contribution < 1.29 is 30.3 Å².